The van der Waals surface area contributed by atoms with Gasteiger partial charge >= 0.3 is 0 Å². The second-order valence-corrected chi connectivity index (χ2v) is 8.69. The molecule has 2 amide bonds. The summed E-state index contributed by atoms with van der Waals surface area (Å²) in [7, 11) is 3.48. The number of methoxy groups -OCH3 is 1. The number of hydrogen-bond donors (Lipinski definition) is 3. The van der Waals surface area contributed by atoms with Crippen LogP contribution in [0.2, 0.25) is 0 Å². The number of hydrogen-bond acceptors (Lipinski definition) is 7. The minimum absolute atomic E-state index is 0.119. The van der Waals surface area contributed by atoms with Crippen LogP contribution in [-0.4, -0.2) is 74.3 Å². The number of fused-ring (bicyclic) bond motifs is 1. The highest BCUT2D eigenvalue weighted by molar-refractivity contribution is 6.06. The average molecular weight is 493 g/mol. The van der Waals surface area contributed by atoms with E-state index in [0.717, 1.165) is 29.6 Å². The van der Waals surface area contributed by atoms with Crippen LogP contribution in [0.1, 0.15) is 16.8 Å². The van der Waals surface area contributed by atoms with Gasteiger partial charge in [0.2, 0.25) is 11.9 Å². The molecule has 5 heterocycles. The maximum atomic E-state index is 14.3. The van der Waals surface area contributed by atoms with Crippen LogP contribution in [0.25, 0.3) is 22.3 Å². The predicted molar refractivity (Wildman–Crippen MR) is 131 cm³/mol. The van der Waals surface area contributed by atoms with E-state index in [1.54, 1.807) is 24.1 Å². The van der Waals surface area contributed by atoms with Gasteiger partial charge in [-0.05, 0) is 24.6 Å². The molecule has 4 aromatic rings. The molecule has 0 aliphatic carbocycles. The first-order valence-corrected chi connectivity index (χ1v) is 11.4. The van der Waals surface area contributed by atoms with Crippen molar-refractivity contribution >= 4 is 34.2 Å². The summed E-state index contributed by atoms with van der Waals surface area (Å²) in [5.41, 5.74) is 2.68. The Morgan fingerprint density at radius 2 is 2.06 bits per heavy atom. The number of aryl methyl sites for hydroxylation is 1. The average Bonchev–Trinajstić information content (AvgIpc) is 3.59. The molecule has 5 rings (SSSR count). The summed E-state index contributed by atoms with van der Waals surface area (Å²) in [5, 5.41) is 10.1. The van der Waals surface area contributed by atoms with Gasteiger partial charge in [0.05, 0.1) is 47.7 Å². The first-order valence-electron chi connectivity index (χ1n) is 11.4. The van der Waals surface area contributed by atoms with E-state index in [1.165, 1.54) is 18.5 Å². The maximum absolute atomic E-state index is 14.3. The van der Waals surface area contributed by atoms with Crippen molar-refractivity contribution in [3.63, 3.8) is 0 Å². The van der Waals surface area contributed by atoms with Crippen molar-refractivity contribution in [2.24, 2.45) is 7.05 Å². The van der Waals surface area contributed by atoms with E-state index in [1.807, 2.05) is 24.2 Å². The predicted octanol–water partition coefficient (Wildman–Crippen LogP) is 2.41. The number of carbonyl (C=O) groups is 2. The highest BCUT2D eigenvalue weighted by Gasteiger charge is 2.24. The normalized spacial score (nSPS) is 15.9. The van der Waals surface area contributed by atoms with Crippen LogP contribution in [0.5, 0.6) is 0 Å². The molecule has 1 aliphatic heterocycles. The number of halogens is 1. The monoisotopic (exact) mass is 492 g/mol. The molecule has 0 spiro atoms. The zero-order chi connectivity index (χ0) is 25.2. The summed E-state index contributed by atoms with van der Waals surface area (Å²) in [4.78, 5) is 38.4. The quantitative estimate of drug-likeness (QED) is 0.338. The third-order valence-corrected chi connectivity index (χ3v) is 6.05. The molecule has 11 nitrogen and oxygen atoms in total. The third-order valence-electron chi connectivity index (χ3n) is 6.05. The van der Waals surface area contributed by atoms with Crippen LogP contribution < -0.4 is 10.6 Å². The molecule has 0 unspecified atom stereocenters. The number of aromatic amines is 1. The largest absolute Gasteiger partial charge is 0.380 e. The second kappa shape index (κ2) is 9.84. The van der Waals surface area contributed by atoms with Crippen molar-refractivity contribution in [1.82, 2.24) is 29.6 Å². The number of aromatic nitrogens is 5. The number of nitrogens with one attached hydrogen (secondary N) is 3. The Kier molecular flexibility index (Phi) is 6.44. The molecule has 4 aromatic heterocycles. The molecule has 1 fully saturated rings. The third kappa shape index (κ3) is 5.09. The van der Waals surface area contributed by atoms with Gasteiger partial charge in [-0.3, -0.25) is 19.2 Å². The molecule has 0 saturated carbocycles. The van der Waals surface area contributed by atoms with Crippen LogP contribution in [0.3, 0.4) is 0 Å². The minimum atomic E-state index is -0.863. The van der Waals surface area contributed by atoms with E-state index in [0.29, 0.717) is 12.2 Å². The summed E-state index contributed by atoms with van der Waals surface area (Å²) in [6, 6.07) is 4.86. The van der Waals surface area contributed by atoms with Crippen LogP contribution in [-0.2, 0) is 16.6 Å². The first-order chi connectivity index (χ1) is 17.4. The zero-order valence-electron chi connectivity index (χ0n) is 19.8. The van der Waals surface area contributed by atoms with E-state index in [2.05, 4.69) is 30.7 Å². The lowest BCUT2D eigenvalue weighted by molar-refractivity contribution is -0.117. The molecule has 1 saturated heterocycles. The molecule has 12 heteroatoms. The summed E-state index contributed by atoms with van der Waals surface area (Å²) in [6.07, 6.45) is 7.18. The maximum Gasteiger partial charge on any atom is 0.257 e. The fourth-order valence-electron chi connectivity index (χ4n) is 4.19. The lowest BCUT2D eigenvalue weighted by atomic mass is 10.2. The minimum Gasteiger partial charge on any atom is -0.380 e. The van der Waals surface area contributed by atoms with Gasteiger partial charge in [0.15, 0.2) is 0 Å². The van der Waals surface area contributed by atoms with Crippen molar-refractivity contribution in [3.8, 4) is 11.3 Å². The van der Waals surface area contributed by atoms with Gasteiger partial charge in [0, 0.05) is 50.6 Å². The number of anilines is 2. The number of carbonyl (C=O) groups excluding carboxylic acids is 2. The van der Waals surface area contributed by atoms with Gasteiger partial charge in [-0.1, -0.05) is 0 Å². The highest BCUT2D eigenvalue weighted by Crippen LogP contribution is 2.24. The fourth-order valence-corrected chi connectivity index (χ4v) is 4.19. The number of amides is 2. The summed E-state index contributed by atoms with van der Waals surface area (Å²) in [5.74, 6) is -1.68. The fraction of sp³-hybridized carbons (Fsp3) is 0.292. The second-order valence-electron chi connectivity index (χ2n) is 8.69. The molecule has 0 aromatic carbocycles. The van der Waals surface area contributed by atoms with Crippen LogP contribution in [0.15, 0.2) is 43.0 Å². The van der Waals surface area contributed by atoms with Crippen molar-refractivity contribution in [2.45, 2.75) is 12.5 Å². The van der Waals surface area contributed by atoms with Crippen LogP contribution in [0.4, 0.5) is 15.8 Å². The van der Waals surface area contributed by atoms with Gasteiger partial charge < -0.3 is 20.4 Å². The smallest absolute Gasteiger partial charge is 0.257 e. The lowest BCUT2D eigenvalue weighted by Gasteiger charge is -2.15. The lowest BCUT2D eigenvalue weighted by Crippen LogP contribution is -2.32. The summed E-state index contributed by atoms with van der Waals surface area (Å²) in [6.45, 7) is 1.62. The van der Waals surface area contributed by atoms with Gasteiger partial charge in [-0.2, -0.15) is 9.49 Å². The standard InChI is InChI=1S/C24H25FN8O3/c1-32-11-16(9-28-32)19-6-14-5-15(8-27-23(14)30-19)24(35)31-20-7-17(10-26-22(20)25)29-21(34)13-33-4-3-18(12-33)36-2/h5-11,18H,3-4,12-13H2,1-2H3,(H,27,30)(H,29,34)(H,31,35)/t18-/m0/s1. The number of nitrogens with zero attached hydrogens (tertiary/aromatic N) is 5. The molecular weight excluding hydrogens is 467 g/mol. The SMILES string of the molecule is CO[C@H]1CCN(CC(=O)Nc2cnc(F)c(NC(=O)c3cnc4[nH]c(-c5cnn(C)c5)cc4c3)c2)C1. The number of ether oxygens (including phenoxy) is 1. The first kappa shape index (κ1) is 23.6. The number of likely N-dealkylation sites (tertiary alicyclic amines) is 1. The molecule has 186 valence electrons. The summed E-state index contributed by atoms with van der Waals surface area (Å²) < 4.78 is 21.4. The van der Waals surface area contributed by atoms with E-state index in [-0.39, 0.29) is 35.5 Å². The number of pyridine rings is 2. The van der Waals surface area contributed by atoms with Crippen molar-refractivity contribution in [3.05, 3.63) is 54.5 Å². The molecule has 0 radical (unpaired) electrons. The van der Waals surface area contributed by atoms with Crippen molar-refractivity contribution in [2.75, 3.05) is 37.4 Å². The Morgan fingerprint density at radius 1 is 1.19 bits per heavy atom. The summed E-state index contributed by atoms with van der Waals surface area (Å²) >= 11 is 0. The Hall–Kier alpha value is -4.16. The van der Waals surface area contributed by atoms with E-state index >= 15 is 0 Å². The van der Waals surface area contributed by atoms with E-state index in [9.17, 15) is 14.0 Å². The number of rotatable bonds is 7. The highest BCUT2D eigenvalue weighted by atomic mass is 19.1. The van der Waals surface area contributed by atoms with Crippen molar-refractivity contribution in [1.29, 1.82) is 0 Å². The number of H-pyrrole nitrogens is 1. The van der Waals surface area contributed by atoms with Crippen LogP contribution >= 0.6 is 0 Å². The van der Waals surface area contributed by atoms with Gasteiger partial charge in [0.25, 0.3) is 5.91 Å². The molecular formula is C24H25FN8O3. The molecule has 36 heavy (non-hydrogen) atoms. The molecule has 1 atom stereocenters. The van der Waals surface area contributed by atoms with E-state index < -0.39 is 11.9 Å². The van der Waals surface area contributed by atoms with Gasteiger partial charge in [0.1, 0.15) is 5.65 Å². The van der Waals surface area contributed by atoms with Crippen molar-refractivity contribution < 1.29 is 18.7 Å². The van der Waals surface area contributed by atoms with Gasteiger partial charge in [-0.15, -0.1) is 0 Å². The Morgan fingerprint density at radius 3 is 2.81 bits per heavy atom. The Labute approximate surface area is 205 Å². The molecule has 0 bridgehead atoms. The van der Waals surface area contributed by atoms with Gasteiger partial charge in [-0.25, -0.2) is 9.97 Å². The molecule has 1 aliphatic rings. The van der Waals surface area contributed by atoms with Crippen LogP contribution in [0, 0.1) is 5.95 Å². The van der Waals surface area contributed by atoms with E-state index in [4.69, 9.17) is 4.74 Å². The topological polar surface area (TPSA) is 130 Å². The molecule has 3 N–H and O–H groups in total. The Balaban J connectivity index is 1.26. The Bertz CT molecular complexity index is 1430. The zero-order valence-corrected chi connectivity index (χ0v) is 19.8.